The Bertz CT molecular complexity index is 668. The molecular weight excluding hydrogens is 411 g/mol. The number of hydrogen-bond acceptors (Lipinski definition) is 2. The molecule has 1 N–H and O–H groups in total. The van der Waals surface area contributed by atoms with Gasteiger partial charge in [0.15, 0.2) is 0 Å². The second-order valence-corrected chi connectivity index (χ2v) is 5.31. The zero-order valence-electron chi connectivity index (χ0n) is 9.46. The third kappa shape index (κ3) is 2.75. The number of hydrogen-bond donors (Lipinski definition) is 1. The molecule has 0 fully saturated rings. The zero-order valence-corrected chi connectivity index (χ0v) is 12.4. The van der Waals surface area contributed by atoms with Crippen LogP contribution in [0.5, 0.6) is 0 Å². The third-order valence-corrected chi connectivity index (χ3v) is 3.82. The van der Waals surface area contributed by atoms with Gasteiger partial charge in [-0.2, -0.15) is 13.2 Å². The molecule has 0 aliphatic carbocycles. The molecule has 106 valence electrons. The van der Waals surface area contributed by atoms with Crippen molar-refractivity contribution in [2.24, 2.45) is 0 Å². The highest BCUT2D eigenvalue weighted by Gasteiger charge is 2.42. The highest BCUT2D eigenvalue weighted by molar-refractivity contribution is 14.1. The maximum Gasteiger partial charge on any atom is 0.454 e. The molecule has 1 aromatic heterocycles. The summed E-state index contributed by atoms with van der Waals surface area (Å²) < 4.78 is 38.9. The molecule has 1 heterocycles. The zero-order chi connectivity index (χ0) is 15.1. The van der Waals surface area contributed by atoms with Crippen LogP contribution < -0.4 is 0 Å². The Hall–Kier alpha value is -1.29. The van der Waals surface area contributed by atoms with Gasteiger partial charge in [0.25, 0.3) is 0 Å². The van der Waals surface area contributed by atoms with E-state index in [4.69, 9.17) is 11.6 Å². The highest BCUT2D eigenvalue weighted by Crippen LogP contribution is 2.43. The summed E-state index contributed by atoms with van der Waals surface area (Å²) >= 11 is 7.21. The lowest BCUT2D eigenvalue weighted by Gasteiger charge is -2.05. The van der Waals surface area contributed by atoms with Gasteiger partial charge in [-0.1, -0.05) is 23.7 Å². The molecule has 2 aromatic rings. The summed E-state index contributed by atoms with van der Waals surface area (Å²) in [5, 5.41) is 11.1. The molecular formula is C11H5ClF3IN2O2. The molecule has 0 atom stereocenters. The lowest BCUT2D eigenvalue weighted by Crippen LogP contribution is -2.07. The van der Waals surface area contributed by atoms with Gasteiger partial charge in [0.2, 0.25) is 5.69 Å². The molecule has 2 rings (SSSR count). The predicted molar refractivity (Wildman–Crippen MR) is 75.6 cm³/mol. The third-order valence-electron chi connectivity index (χ3n) is 2.52. The van der Waals surface area contributed by atoms with Crippen LogP contribution in [-0.2, 0) is 6.18 Å². The van der Waals surface area contributed by atoms with Crippen molar-refractivity contribution in [3.8, 4) is 11.1 Å². The van der Waals surface area contributed by atoms with Gasteiger partial charge in [0.1, 0.15) is 3.57 Å². The van der Waals surface area contributed by atoms with Gasteiger partial charge in [0.05, 0.1) is 5.56 Å². The van der Waals surface area contributed by atoms with Gasteiger partial charge in [-0.25, -0.2) is 4.98 Å². The molecule has 1 aromatic carbocycles. The van der Waals surface area contributed by atoms with Crippen LogP contribution in [0.3, 0.4) is 0 Å². The fraction of sp³-hybridized carbons (Fsp3) is 0.0909. The molecule has 0 unspecified atom stereocenters. The number of benzene rings is 1. The Morgan fingerprint density at radius 3 is 2.25 bits per heavy atom. The van der Waals surface area contributed by atoms with Gasteiger partial charge in [-0.3, -0.25) is 0 Å². The Balaban J connectivity index is 2.73. The largest absolute Gasteiger partial charge is 0.454 e. The summed E-state index contributed by atoms with van der Waals surface area (Å²) in [7, 11) is 0. The van der Waals surface area contributed by atoms with E-state index in [1.807, 2.05) is 4.98 Å². The minimum absolute atomic E-state index is 0.0951. The molecule has 4 nitrogen and oxygen atoms in total. The molecule has 20 heavy (non-hydrogen) atoms. The number of aromatic amines is 1. The number of aromatic nitrogens is 1. The normalized spacial score (nSPS) is 11.7. The summed E-state index contributed by atoms with van der Waals surface area (Å²) in [6.07, 6.45) is -4.72. The lowest BCUT2D eigenvalue weighted by atomic mass is 10.1. The molecule has 0 amide bonds. The summed E-state index contributed by atoms with van der Waals surface area (Å²) in [4.78, 5) is 11.7. The average molecular weight is 417 g/mol. The number of halogens is 5. The molecule has 0 aliphatic rings. The molecule has 0 radical (unpaired) electrons. The predicted octanol–water partition coefficient (Wildman–Crippen LogP) is 4.87. The fourth-order valence-corrected chi connectivity index (χ4v) is 2.73. The van der Waals surface area contributed by atoms with Crippen molar-refractivity contribution in [3.05, 3.63) is 48.7 Å². The van der Waals surface area contributed by atoms with Gasteiger partial charge in [0, 0.05) is 5.02 Å². The molecule has 9 heteroatoms. The number of H-pyrrole nitrogens is 1. The molecule has 0 spiro atoms. The van der Waals surface area contributed by atoms with Crippen molar-refractivity contribution in [2.75, 3.05) is 0 Å². The van der Waals surface area contributed by atoms with Crippen LogP contribution in [0.25, 0.3) is 11.1 Å². The Morgan fingerprint density at radius 1 is 1.25 bits per heavy atom. The van der Waals surface area contributed by atoms with Crippen molar-refractivity contribution in [1.29, 1.82) is 0 Å². The van der Waals surface area contributed by atoms with E-state index in [0.29, 0.717) is 5.02 Å². The van der Waals surface area contributed by atoms with Gasteiger partial charge in [-0.05, 0) is 45.2 Å². The summed E-state index contributed by atoms with van der Waals surface area (Å²) in [6.45, 7) is 0. The van der Waals surface area contributed by atoms with Crippen LogP contribution in [0.1, 0.15) is 5.69 Å². The van der Waals surface area contributed by atoms with Crippen LogP contribution in [0.2, 0.25) is 5.02 Å². The van der Waals surface area contributed by atoms with E-state index in [-0.39, 0.29) is 14.7 Å². The number of nitro groups is 1. The smallest absolute Gasteiger partial charge is 0.358 e. The number of nitrogens with one attached hydrogen (secondary N) is 1. The average Bonchev–Trinajstić information content (AvgIpc) is 2.68. The van der Waals surface area contributed by atoms with E-state index in [2.05, 4.69) is 0 Å². The van der Waals surface area contributed by atoms with Crippen LogP contribution in [0, 0.1) is 13.7 Å². The number of rotatable bonds is 2. The van der Waals surface area contributed by atoms with E-state index in [1.165, 1.54) is 46.9 Å². The molecule has 0 saturated carbocycles. The van der Waals surface area contributed by atoms with Crippen LogP contribution in [0.4, 0.5) is 19.0 Å². The molecule has 0 aliphatic heterocycles. The quantitative estimate of drug-likeness (QED) is 0.431. The van der Waals surface area contributed by atoms with Gasteiger partial charge in [-0.15, -0.1) is 0 Å². The van der Waals surface area contributed by atoms with Gasteiger partial charge >= 0.3 is 12.0 Å². The second kappa shape index (κ2) is 5.24. The fourth-order valence-electron chi connectivity index (χ4n) is 1.69. The summed E-state index contributed by atoms with van der Waals surface area (Å²) in [5.41, 5.74) is -1.19. The van der Waals surface area contributed by atoms with E-state index >= 15 is 0 Å². The Morgan fingerprint density at radius 2 is 1.80 bits per heavy atom. The van der Waals surface area contributed by atoms with Crippen molar-refractivity contribution in [2.45, 2.75) is 6.18 Å². The number of nitrogens with zero attached hydrogens (tertiary/aromatic N) is 1. The van der Waals surface area contributed by atoms with E-state index < -0.39 is 22.6 Å². The maximum atomic E-state index is 13.0. The Labute approximate surface area is 129 Å². The van der Waals surface area contributed by atoms with Crippen molar-refractivity contribution in [1.82, 2.24) is 4.98 Å². The van der Waals surface area contributed by atoms with Crippen molar-refractivity contribution >= 4 is 40.0 Å². The van der Waals surface area contributed by atoms with Crippen molar-refractivity contribution < 1.29 is 18.1 Å². The first-order valence-electron chi connectivity index (χ1n) is 5.11. The SMILES string of the molecule is O=[N+]([O-])c1[nH]c(C(F)(F)F)c(-c2ccc(Cl)cc2)c1I. The van der Waals surface area contributed by atoms with E-state index in [0.717, 1.165) is 0 Å². The summed E-state index contributed by atoms with van der Waals surface area (Å²) in [5.74, 6) is -0.678. The van der Waals surface area contributed by atoms with Crippen LogP contribution >= 0.6 is 34.2 Å². The minimum atomic E-state index is -4.72. The first kappa shape index (κ1) is 15.1. The van der Waals surface area contributed by atoms with Gasteiger partial charge < -0.3 is 10.1 Å². The van der Waals surface area contributed by atoms with Crippen molar-refractivity contribution in [3.63, 3.8) is 0 Å². The molecule has 0 bridgehead atoms. The number of alkyl halides is 3. The summed E-state index contributed by atoms with van der Waals surface area (Å²) in [6, 6.07) is 5.61. The first-order valence-corrected chi connectivity index (χ1v) is 6.56. The van der Waals surface area contributed by atoms with E-state index in [1.54, 1.807) is 0 Å². The lowest BCUT2D eigenvalue weighted by molar-refractivity contribution is -0.390. The van der Waals surface area contributed by atoms with Crippen LogP contribution in [-0.4, -0.2) is 9.91 Å². The maximum absolute atomic E-state index is 13.0. The van der Waals surface area contributed by atoms with Crippen LogP contribution in [0.15, 0.2) is 24.3 Å². The molecule has 0 saturated heterocycles. The monoisotopic (exact) mass is 416 g/mol. The topological polar surface area (TPSA) is 58.9 Å². The Kier molecular flexibility index (Phi) is 3.96. The minimum Gasteiger partial charge on any atom is -0.358 e. The highest BCUT2D eigenvalue weighted by atomic mass is 127. The standard InChI is InChI=1S/C11H5ClF3IN2O2/c12-6-3-1-5(2-4-6)7-8(16)10(18(19)20)17-9(7)11(13,14)15/h1-4,17H. The second-order valence-electron chi connectivity index (χ2n) is 3.80. The first-order chi connectivity index (χ1) is 9.21. The van der Waals surface area contributed by atoms with E-state index in [9.17, 15) is 23.3 Å².